The van der Waals surface area contributed by atoms with E-state index in [4.69, 9.17) is 17.3 Å². The number of aryl methyl sites for hydroxylation is 2. The first-order valence-corrected chi connectivity index (χ1v) is 6.62. The van der Waals surface area contributed by atoms with Crippen molar-refractivity contribution in [3.8, 4) is 0 Å². The van der Waals surface area contributed by atoms with Gasteiger partial charge >= 0.3 is 0 Å². The third-order valence-electron chi connectivity index (χ3n) is 2.68. The molecule has 2 rings (SSSR count). The Morgan fingerprint density at radius 3 is 2.74 bits per heavy atom. The van der Waals surface area contributed by atoms with Gasteiger partial charge in [-0.3, -0.25) is 9.48 Å². The van der Waals surface area contributed by atoms with Crippen LogP contribution in [0.5, 0.6) is 0 Å². The smallest absolute Gasteiger partial charge is 0.256 e. The lowest BCUT2D eigenvalue weighted by Gasteiger charge is -2.07. The lowest BCUT2D eigenvalue weighted by Crippen LogP contribution is -2.15. The molecular weight excluding hydrogens is 332 g/mol. The van der Waals surface area contributed by atoms with Gasteiger partial charge in [-0.25, -0.2) is 0 Å². The molecular formula is C12H12BrClN4O. The lowest BCUT2D eigenvalue weighted by atomic mass is 10.2. The minimum absolute atomic E-state index is 0.288. The van der Waals surface area contributed by atoms with Crippen molar-refractivity contribution in [2.24, 2.45) is 7.05 Å². The van der Waals surface area contributed by atoms with Gasteiger partial charge in [-0.05, 0) is 41.1 Å². The van der Waals surface area contributed by atoms with Crippen molar-refractivity contribution in [2.45, 2.75) is 6.92 Å². The largest absolute Gasteiger partial charge is 0.394 e. The molecule has 100 valence electrons. The SMILES string of the molecule is Cc1nn(C)c(NC(=O)c2ccc(Br)c(Cl)c2)c1N. The molecule has 1 aromatic carbocycles. The molecule has 0 unspecified atom stereocenters. The van der Waals surface area contributed by atoms with E-state index >= 15 is 0 Å². The Bertz CT molecular complexity index is 653. The maximum atomic E-state index is 12.1. The number of hydrogen-bond donors (Lipinski definition) is 2. The summed E-state index contributed by atoms with van der Waals surface area (Å²) in [6, 6.07) is 4.97. The Labute approximate surface area is 123 Å². The van der Waals surface area contributed by atoms with E-state index in [9.17, 15) is 4.79 Å². The molecule has 0 fully saturated rings. The maximum Gasteiger partial charge on any atom is 0.256 e. The van der Waals surface area contributed by atoms with Crippen LogP contribution in [0.3, 0.4) is 0 Å². The second-order valence-corrected chi connectivity index (χ2v) is 5.32. The summed E-state index contributed by atoms with van der Waals surface area (Å²) in [5.74, 6) is 0.186. The predicted molar refractivity (Wildman–Crippen MR) is 79.5 cm³/mol. The van der Waals surface area contributed by atoms with Gasteiger partial charge in [0, 0.05) is 17.1 Å². The normalized spacial score (nSPS) is 10.5. The molecule has 0 aliphatic heterocycles. The highest BCUT2D eigenvalue weighted by atomic mass is 79.9. The van der Waals surface area contributed by atoms with Crippen LogP contribution >= 0.6 is 27.5 Å². The first-order chi connectivity index (χ1) is 8.90. The minimum Gasteiger partial charge on any atom is -0.394 e. The van der Waals surface area contributed by atoms with Gasteiger partial charge in [-0.15, -0.1) is 0 Å². The summed E-state index contributed by atoms with van der Waals surface area (Å²) >= 11 is 9.23. The number of nitrogens with one attached hydrogen (secondary N) is 1. The van der Waals surface area contributed by atoms with E-state index in [-0.39, 0.29) is 5.91 Å². The monoisotopic (exact) mass is 342 g/mol. The van der Waals surface area contributed by atoms with Gasteiger partial charge in [0.25, 0.3) is 5.91 Å². The number of nitrogens with zero attached hydrogens (tertiary/aromatic N) is 2. The van der Waals surface area contributed by atoms with Gasteiger partial charge < -0.3 is 11.1 Å². The molecule has 1 heterocycles. The molecule has 1 amide bonds. The average molecular weight is 344 g/mol. The number of halogens is 2. The quantitative estimate of drug-likeness (QED) is 0.880. The molecule has 3 N–H and O–H groups in total. The zero-order valence-corrected chi connectivity index (χ0v) is 12.7. The van der Waals surface area contributed by atoms with E-state index in [1.165, 1.54) is 4.68 Å². The Morgan fingerprint density at radius 2 is 2.21 bits per heavy atom. The maximum absolute atomic E-state index is 12.1. The van der Waals surface area contributed by atoms with Crippen molar-refractivity contribution in [2.75, 3.05) is 11.1 Å². The highest BCUT2D eigenvalue weighted by Crippen LogP contribution is 2.25. The molecule has 0 bridgehead atoms. The zero-order chi connectivity index (χ0) is 14.2. The zero-order valence-electron chi connectivity index (χ0n) is 10.4. The van der Waals surface area contributed by atoms with Crippen molar-refractivity contribution >= 4 is 44.9 Å². The van der Waals surface area contributed by atoms with E-state index in [1.807, 2.05) is 0 Å². The van der Waals surface area contributed by atoms with Gasteiger partial charge in [0.15, 0.2) is 5.82 Å². The average Bonchev–Trinajstić information content (AvgIpc) is 2.59. The number of rotatable bonds is 2. The predicted octanol–water partition coefficient (Wildman–Crippen LogP) is 2.98. The summed E-state index contributed by atoms with van der Waals surface area (Å²) in [6.45, 7) is 1.78. The Balaban J connectivity index is 2.28. The first kappa shape index (κ1) is 13.9. The van der Waals surface area contributed by atoms with Crippen molar-refractivity contribution in [3.63, 3.8) is 0 Å². The van der Waals surface area contributed by atoms with Crippen LogP contribution in [0.25, 0.3) is 0 Å². The van der Waals surface area contributed by atoms with Crippen LogP contribution in [0.2, 0.25) is 5.02 Å². The van der Waals surface area contributed by atoms with Crippen LogP contribution < -0.4 is 11.1 Å². The number of amides is 1. The number of carbonyl (C=O) groups is 1. The molecule has 0 radical (unpaired) electrons. The number of aromatic nitrogens is 2. The van der Waals surface area contributed by atoms with Gasteiger partial charge in [0.05, 0.1) is 16.4 Å². The number of anilines is 2. The molecule has 1 aromatic heterocycles. The fraction of sp³-hybridized carbons (Fsp3) is 0.167. The Kier molecular flexibility index (Phi) is 3.82. The molecule has 0 aliphatic rings. The van der Waals surface area contributed by atoms with Crippen LogP contribution in [-0.2, 0) is 7.05 Å². The van der Waals surface area contributed by atoms with Crippen LogP contribution in [0.4, 0.5) is 11.5 Å². The topological polar surface area (TPSA) is 72.9 Å². The Hall–Kier alpha value is -1.53. The van der Waals surface area contributed by atoms with Crippen LogP contribution in [-0.4, -0.2) is 15.7 Å². The van der Waals surface area contributed by atoms with Crippen LogP contribution in [0, 0.1) is 6.92 Å². The summed E-state index contributed by atoms with van der Waals surface area (Å²) in [5.41, 5.74) is 7.43. The molecule has 0 aliphatic carbocycles. The fourth-order valence-electron chi connectivity index (χ4n) is 1.64. The number of carbonyl (C=O) groups excluding carboxylic acids is 1. The number of nitrogens with two attached hydrogens (primary N) is 1. The van der Waals surface area contributed by atoms with E-state index in [0.717, 1.165) is 4.47 Å². The van der Waals surface area contributed by atoms with Crippen molar-refractivity contribution < 1.29 is 4.79 Å². The Morgan fingerprint density at radius 1 is 1.53 bits per heavy atom. The lowest BCUT2D eigenvalue weighted by molar-refractivity contribution is 0.102. The summed E-state index contributed by atoms with van der Waals surface area (Å²) in [7, 11) is 1.72. The molecule has 0 atom stereocenters. The minimum atomic E-state index is -0.288. The van der Waals surface area contributed by atoms with Gasteiger partial charge in [-0.2, -0.15) is 5.10 Å². The molecule has 19 heavy (non-hydrogen) atoms. The summed E-state index contributed by atoms with van der Waals surface area (Å²) in [5, 5.41) is 7.33. The van der Waals surface area contributed by atoms with Crippen LogP contribution in [0.1, 0.15) is 16.1 Å². The van der Waals surface area contributed by atoms with Crippen LogP contribution in [0.15, 0.2) is 22.7 Å². The molecule has 0 saturated heterocycles. The summed E-state index contributed by atoms with van der Waals surface area (Å²) in [4.78, 5) is 12.1. The molecule has 0 spiro atoms. The molecule has 0 saturated carbocycles. The number of nitrogen functional groups attached to an aromatic ring is 1. The fourth-order valence-corrected chi connectivity index (χ4v) is 2.07. The highest BCUT2D eigenvalue weighted by molar-refractivity contribution is 9.10. The van der Waals surface area contributed by atoms with Gasteiger partial charge in [0.1, 0.15) is 0 Å². The van der Waals surface area contributed by atoms with Crippen molar-refractivity contribution in [1.29, 1.82) is 0 Å². The van der Waals surface area contributed by atoms with Gasteiger partial charge in [0.2, 0.25) is 0 Å². The van der Waals surface area contributed by atoms with E-state index in [1.54, 1.807) is 32.2 Å². The number of benzene rings is 1. The molecule has 7 heteroatoms. The van der Waals surface area contributed by atoms with E-state index < -0.39 is 0 Å². The standard InChI is InChI=1S/C12H12BrClN4O/c1-6-10(15)11(18(2)17-6)16-12(19)7-3-4-8(13)9(14)5-7/h3-5H,15H2,1-2H3,(H,16,19). The van der Waals surface area contributed by atoms with Gasteiger partial charge in [-0.1, -0.05) is 11.6 Å². The molecule has 2 aromatic rings. The molecule has 5 nitrogen and oxygen atoms in total. The number of hydrogen-bond acceptors (Lipinski definition) is 3. The third-order valence-corrected chi connectivity index (χ3v) is 3.91. The second kappa shape index (κ2) is 5.22. The van der Waals surface area contributed by atoms with Crippen molar-refractivity contribution in [1.82, 2.24) is 9.78 Å². The summed E-state index contributed by atoms with van der Waals surface area (Å²) in [6.07, 6.45) is 0. The van der Waals surface area contributed by atoms with E-state index in [0.29, 0.717) is 27.8 Å². The highest BCUT2D eigenvalue weighted by Gasteiger charge is 2.14. The first-order valence-electron chi connectivity index (χ1n) is 5.45. The second-order valence-electron chi connectivity index (χ2n) is 4.05. The summed E-state index contributed by atoms with van der Waals surface area (Å²) < 4.78 is 2.27. The van der Waals surface area contributed by atoms with E-state index in [2.05, 4.69) is 26.3 Å². The third kappa shape index (κ3) is 2.74. The van der Waals surface area contributed by atoms with Crippen molar-refractivity contribution in [3.05, 3.63) is 39.0 Å².